The Balaban J connectivity index is 1.84. The Morgan fingerprint density at radius 1 is 0.742 bits per heavy atom. The van der Waals surface area contributed by atoms with Gasteiger partial charge in [-0.15, -0.1) is 0 Å². The lowest BCUT2D eigenvalue weighted by atomic mass is 10.0. The van der Waals surface area contributed by atoms with Crippen LogP contribution in [0.5, 0.6) is 0 Å². The molecule has 3 rings (SSSR count). The highest BCUT2D eigenvalue weighted by molar-refractivity contribution is 7.99. The number of carbonyl (C=O) groups excluding carboxylic acids is 2. The summed E-state index contributed by atoms with van der Waals surface area (Å²) in [6, 6.07) is 19.5. The minimum absolute atomic E-state index is 0.325. The number of ether oxygens (including phenoxy) is 4. The van der Waals surface area contributed by atoms with Crippen LogP contribution >= 0.6 is 11.8 Å². The van der Waals surface area contributed by atoms with Crippen LogP contribution < -0.4 is 0 Å². The standard InChI is InChI=1S/C24H28O6S/c1-17(25)29-21-15-31-16-22(30-18(2)26)24(28-14-20-11-7-4-8-12-20)23(21)27-13-19-9-5-3-6-10-19/h3-12,21-24H,13-16H2,1-2H3/t21-,22-,23-,24-/m1/s1. The zero-order valence-corrected chi connectivity index (χ0v) is 18.6. The molecule has 1 saturated heterocycles. The molecule has 2 aromatic carbocycles. The number of benzene rings is 2. The van der Waals surface area contributed by atoms with Gasteiger partial charge in [-0.3, -0.25) is 9.59 Å². The first-order chi connectivity index (χ1) is 15.0. The van der Waals surface area contributed by atoms with Gasteiger partial charge in [0.05, 0.1) is 13.2 Å². The summed E-state index contributed by atoms with van der Waals surface area (Å²) in [5.74, 6) is 0.294. The fourth-order valence-electron chi connectivity index (χ4n) is 3.48. The third-order valence-corrected chi connectivity index (χ3v) is 5.95. The van der Waals surface area contributed by atoms with Crippen LogP contribution in [0.15, 0.2) is 60.7 Å². The maximum Gasteiger partial charge on any atom is 0.303 e. The molecule has 0 aliphatic carbocycles. The van der Waals surface area contributed by atoms with Gasteiger partial charge in [-0.2, -0.15) is 11.8 Å². The maximum absolute atomic E-state index is 11.8. The van der Waals surface area contributed by atoms with E-state index < -0.39 is 24.4 Å². The van der Waals surface area contributed by atoms with Gasteiger partial charge in [0.2, 0.25) is 0 Å². The Morgan fingerprint density at radius 3 is 1.48 bits per heavy atom. The van der Waals surface area contributed by atoms with Gasteiger partial charge in [0.25, 0.3) is 0 Å². The lowest BCUT2D eigenvalue weighted by Gasteiger charge is -2.34. The molecule has 31 heavy (non-hydrogen) atoms. The van der Waals surface area contributed by atoms with Gasteiger partial charge in [0.1, 0.15) is 24.4 Å². The maximum atomic E-state index is 11.8. The molecule has 0 aromatic heterocycles. The first-order valence-corrected chi connectivity index (χ1v) is 11.4. The lowest BCUT2D eigenvalue weighted by Crippen LogP contribution is -2.49. The smallest absolute Gasteiger partial charge is 0.303 e. The van der Waals surface area contributed by atoms with Crippen molar-refractivity contribution in [1.82, 2.24) is 0 Å². The van der Waals surface area contributed by atoms with Crippen molar-refractivity contribution in [2.75, 3.05) is 11.5 Å². The number of hydrogen-bond acceptors (Lipinski definition) is 7. The molecule has 6 nitrogen and oxygen atoms in total. The summed E-state index contributed by atoms with van der Waals surface area (Å²) in [7, 11) is 0. The summed E-state index contributed by atoms with van der Waals surface area (Å²) in [4.78, 5) is 23.6. The highest BCUT2D eigenvalue weighted by atomic mass is 32.2. The molecule has 2 aromatic rings. The summed E-state index contributed by atoms with van der Waals surface area (Å²) >= 11 is 1.55. The molecule has 0 N–H and O–H groups in total. The average molecular weight is 445 g/mol. The predicted molar refractivity (Wildman–Crippen MR) is 118 cm³/mol. The fraction of sp³-hybridized carbons (Fsp3) is 0.417. The Labute approximate surface area is 187 Å². The molecule has 1 fully saturated rings. The SMILES string of the molecule is CC(=O)O[C@@H]1CSC[C@@H](OC(C)=O)[C@@H](OCc2ccccc2)[C@@H]1OCc1ccccc1. The van der Waals surface area contributed by atoms with Crippen molar-refractivity contribution < 1.29 is 28.5 Å². The highest BCUT2D eigenvalue weighted by Crippen LogP contribution is 2.29. The number of hydrogen-bond donors (Lipinski definition) is 0. The van der Waals surface area contributed by atoms with Gasteiger partial charge in [-0.1, -0.05) is 60.7 Å². The van der Waals surface area contributed by atoms with E-state index in [1.54, 1.807) is 11.8 Å². The van der Waals surface area contributed by atoms with Crippen molar-refractivity contribution in [3.05, 3.63) is 71.8 Å². The average Bonchev–Trinajstić information content (AvgIpc) is 2.90. The molecule has 166 valence electrons. The van der Waals surface area contributed by atoms with Crippen LogP contribution in [-0.2, 0) is 41.8 Å². The van der Waals surface area contributed by atoms with E-state index in [0.717, 1.165) is 11.1 Å². The van der Waals surface area contributed by atoms with Gasteiger partial charge >= 0.3 is 11.9 Å². The quantitative estimate of drug-likeness (QED) is 0.574. The normalized spacial score (nSPS) is 23.5. The van der Waals surface area contributed by atoms with E-state index in [-0.39, 0.29) is 11.9 Å². The first kappa shape index (κ1) is 23.3. The summed E-state index contributed by atoms with van der Waals surface area (Å²) in [5.41, 5.74) is 1.98. The second-order valence-corrected chi connectivity index (χ2v) is 8.43. The summed E-state index contributed by atoms with van der Waals surface area (Å²) in [6.45, 7) is 3.41. The van der Waals surface area contributed by atoms with Gasteiger partial charge in [0.15, 0.2) is 0 Å². The van der Waals surface area contributed by atoms with E-state index in [9.17, 15) is 9.59 Å². The minimum Gasteiger partial charge on any atom is -0.459 e. The van der Waals surface area contributed by atoms with Crippen molar-refractivity contribution in [3.8, 4) is 0 Å². The van der Waals surface area contributed by atoms with Crippen LogP contribution in [-0.4, -0.2) is 47.9 Å². The van der Waals surface area contributed by atoms with E-state index in [2.05, 4.69) is 0 Å². The predicted octanol–water partition coefficient (Wildman–Crippen LogP) is 3.77. The van der Waals surface area contributed by atoms with Crippen molar-refractivity contribution in [1.29, 1.82) is 0 Å². The molecule has 0 amide bonds. The summed E-state index contributed by atoms with van der Waals surface area (Å²) in [6.07, 6.45) is -2.22. The second kappa shape index (κ2) is 11.9. The number of rotatable bonds is 8. The molecule has 0 spiro atoms. The van der Waals surface area contributed by atoms with Crippen LogP contribution in [0.1, 0.15) is 25.0 Å². The van der Waals surface area contributed by atoms with E-state index in [1.165, 1.54) is 13.8 Å². The van der Waals surface area contributed by atoms with Crippen LogP contribution in [0.4, 0.5) is 0 Å². The van der Waals surface area contributed by atoms with E-state index in [0.29, 0.717) is 24.7 Å². The molecule has 7 heteroatoms. The molecule has 0 saturated carbocycles. The van der Waals surface area contributed by atoms with E-state index in [4.69, 9.17) is 18.9 Å². The molecule has 1 aliphatic rings. The summed E-state index contributed by atoms with van der Waals surface area (Å²) in [5, 5.41) is 0. The Morgan fingerprint density at radius 2 is 1.13 bits per heavy atom. The Hall–Kier alpha value is -2.35. The fourth-order valence-corrected chi connectivity index (χ4v) is 4.60. The first-order valence-electron chi connectivity index (χ1n) is 10.3. The molecular formula is C24H28O6S. The van der Waals surface area contributed by atoms with Gasteiger partial charge < -0.3 is 18.9 Å². The van der Waals surface area contributed by atoms with Gasteiger partial charge in [0, 0.05) is 25.4 Å². The third kappa shape index (κ3) is 7.38. The van der Waals surface area contributed by atoms with Gasteiger partial charge in [-0.05, 0) is 11.1 Å². The molecule has 0 bridgehead atoms. The van der Waals surface area contributed by atoms with Crippen molar-refractivity contribution >= 4 is 23.7 Å². The van der Waals surface area contributed by atoms with Crippen molar-refractivity contribution in [3.63, 3.8) is 0 Å². The number of carbonyl (C=O) groups is 2. The van der Waals surface area contributed by atoms with Crippen LogP contribution in [0, 0.1) is 0 Å². The molecule has 0 unspecified atom stereocenters. The zero-order valence-electron chi connectivity index (χ0n) is 17.8. The lowest BCUT2D eigenvalue weighted by molar-refractivity contribution is -0.187. The minimum atomic E-state index is -0.591. The van der Waals surface area contributed by atoms with Crippen molar-refractivity contribution in [2.45, 2.75) is 51.5 Å². The molecule has 0 radical (unpaired) electrons. The largest absolute Gasteiger partial charge is 0.459 e. The van der Waals surface area contributed by atoms with Crippen LogP contribution in [0.3, 0.4) is 0 Å². The number of esters is 2. The van der Waals surface area contributed by atoms with Crippen LogP contribution in [0.2, 0.25) is 0 Å². The zero-order chi connectivity index (χ0) is 22.1. The van der Waals surface area contributed by atoms with E-state index >= 15 is 0 Å². The highest BCUT2D eigenvalue weighted by Gasteiger charge is 2.42. The van der Waals surface area contributed by atoms with Gasteiger partial charge in [-0.25, -0.2) is 0 Å². The Kier molecular flexibility index (Phi) is 8.94. The van der Waals surface area contributed by atoms with Crippen LogP contribution in [0.25, 0.3) is 0 Å². The summed E-state index contributed by atoms with van der Waals surface area (Å²) < 4.78 is 23.7. The topological polar surface area (TPSA) is 71.1 Å². The second-order valence-electron chi connectivity index (χ2n) is 7.36. The third-order valence-electron chi connectivity index (χ3n) is 4.83. The Bertz CT molecular complexity index is 759. The molecule has 1 aliphatic heterocycles. The molecular weight excluding hydrogens is 416 g/mol. The molecule has 4 atom stereocenters. The molecule has 1 heterocycles. The number of thioether (sulfide) groups is 1. The van der Waals surface area contributed by atoms with Crippen molar-refractivity contribution in [2.24, 2.45) is 0 Å². The van der Waals surface area contributed by atoms with E-state index in [1.807, 2.05) is 60.7 Å². The monoisotopic (exact) mass is 444 g/mol.